The van der Waals surface area contributed by atoms with Gasteiger partial charge in [0.25, 0.3) is 0 Å². The van der Waals surface area contributed by atoms with Gasteiger partial charge in [-0.1, -0.05) is 0 Å². The Hall–Kier alpha value is -2.38. The molecule has 3 aromatic rings. The molecule has 1 heterocycles. The summed E-state index contributed by atoms with van der Waals surface area (Å²) in [7, 11) is 0. The number of benzene rings is 3. The number of aryl methyl sites for hydroxylation is 3. The first-order valence-corrected chi connectivity index (χ1v) is 14.4. The van der Waals surface area contributed by atoms with Gasteiger partial charge in [0.05, 0.1) is 0 Å². The number of hydrogen-bond donors (Lipinski definition) is 0. The molecule has 0 saturated carbocycles. The van der Waals surface area contributed by atoms with Crippen LogP contribution in [0.25, 0.3) is 0 Å². The zero-order valence-corrected chi connectivity index (χ0v) is 24.2. The van der Waals surface area contributed by atoms with E-state index >= 15 is 0 Å². The zero-order valence-electron chi connectivity index (χ0n) is 22.4. The van der Waals surface area contributed by atoms with E-state index in [1.54, 1.807) is 0 Å². The molecule has 3 aromatic carbocycles. The van der Waals surface area contributed by atoms with Gasteiger partial charge in [0.2, 0.25) is 0 Å². The number of hydrogen-bond acceptors (Lipinski definition) is 2. The maximum absolute atomic E-state index is 6.16. The van der Waals surface area contributed by atoms with Crippen molar-refractivity contribution in [2.24, 2.45) is 0 Å². The van der Waals surface area contributed by atoms with Crippen molar-refractivity contribution < 1.29 is 21.0 Å². The van der Waals surface area contributed by atoms with Crippen molar-refractivity contribution in [3.05, 3.63) is 94.5 Å². The fourth-order valence-corrected chi connectivity index (χ4v) is 8.48. The molecule has 0 spiro atoms. The normalized spacial score (nSPS) is 19.3. The summed E-state index contributed by atoms with van der Waals surface area (Å²) in [4.78, 5) is 2.70. The van der Waals surface area contributed by atoms with E-state index in [1.807, 2.05) is 0 Å². The molecule has 0 bridgehead atoms. The van der Waals surface area contributed by atoms with Gasteiger partial charge in [0.1, 0.15) is 0 Å². The van der Waals surface area contributed by atoms with Gasteiger partial charge in [-0.25, -0.2) is 0 Å². The molecule has 35 heavy (non-hydrogen) atoms. The topological polar surface area (TPSA) is 12.5 Å². The van der Waals surface area contributed by atoms with Crippen molar-refractivity contribution in [1.82, 2.24) is 0 Å². The van der Waals surface area contributed by atoms with Gasteiger partial charge in [0, 0.05) is 0 Å². The number of para-hydroxylation sites is 1. The van der Waals surface area contributed by atoms with Crippen LogP contribution in [0.15, 0.2) is 66.7 Å². The molecule has 0 radical (unpaired) electrons. The average molecular weight is 555 g/mol. The van der Waals surface area contributed by atoms with E-state index in [4.69, 9.17) is 4.74 Å². The van der Waals surface area contributed by atoms with E-state index in [1.165, 1.54) is 37.7 Å². The van der Waals surface area contributed by atoms with Crippen molar-refractivity contribution in [2.45, 2.75) is 78.9 Å². The minimum absolute atomic E-state index is 0.00116. The van der Waals surface area contributed by atoms with E-state index in [0.717, 1.165) is 12.2 Å². The van der Waals surface area contributed by atoms with Crippen molar-refractivity contribution in [2.75, 3.05) is 4.90 Å². The van der Waals surface area contributed by atoms with Gasteiger partial charge in [-0.3, -0.25) is 0 Å². The fourth-order valence-electron chi connectivity index (χ4n) is 5.65. The summed E-state index contributed by atoms with van der Waals surface area (Å²) in [6, 6.07) is 24.2. The number of nitrogens with zero attached hydrogens (tertiary/aromatic N) is 1. The zero-order chi connectivity index (χ0) is 25.4. The van der Waals surface area contributed by atoms with E-state index in [9.17, 15) is 0 Å². The maximum atomic E-state index is 6.16. The monoisotopic (exact) mass is 555 g/mol. The SMILES string of the molecule is Cc1cc(C)c(N2[C](=[Ru]=[CH]c3ccccc3OC(C)C)C(C)(c3ccccc3)CC2(C)C)c(C)c1. The van der Waals surface area contributed by atoms with E-state index in [2.05, 4.69) is 132 Å². The van der Waals surface area contributed by atoms with Crippen LogP contribution in [-0.2, 0) is 21.6 Å². The molecule has 0 aliphatic carbocycles. The third kappa shape index (κ3) is 5.12. The molecule has 0 aromatic heterocycles. The predicted octanol–water partition coefficient (Wildman–Crippen LogP) is 7.41. The van der Waals surface area contributed by atoms with Crippen LogP contribution in [0.5, 0.6) is 5.75 Å². The number of anilines is 1. The standard InChI is InChI=1S/C22H27N.C10H12O.Ru/c1-16-12-17(2)20(18(3)13-16)23-15-22(6,14-21(23,4)5)19-10-8-7-9-11-19;1-8(2)11-10-7-5-4-6-9(10)3;/h7-13H,14H2,1-6H3;3-8H,1-2H3;. The van der Waals surface area contributed by atoms with E-state index in [-0.39, 0.29) is 33.3 Å². The summed E-state index contributed by atoms with van der Waals surface area (Å²) in [5, 5.41) is 0. The van der Waals surface area contributed by atoms with Crippen LogP contribution >= 0.6 is 0 Å². The van der Waals surface area contributed by atoms with Crippen molar-refractivity contribution in [3.8, 4) is 5.75 Å². The summed E-state index contributed by atoms with van der Waals surface area (Å²) in [6.07, 6.45) is 1.24. The summed E-state index contributed by atoms with van der Waals surface area (Å²) in [6.45, 7) is 18.2. The molecule has 1 aliphatic heterocycles. The summed E-state index contributed by atoms with van der Waals surface area (Å²) >= 11 is -0.201. The molecule has 1 unspecified atom stereocenters. The van der Waals surface area contributed by atoms with E-state index < -0.39 is 0 Å². The quantitative estimate of drug-likeness (QED) is 0.305. The number of ether oxygens (including phenoxy) is 1. The Morgan fingerprint density at radius 1 is 0.886 bits per heavy atom. The molecule has 2 nitrogen and oxygen atoms in total. The van der Waals surface area contributed by atoms with Gasteiger partial charge >= 0.3 is 220 Å². The first-order valence-electron chi connectivity index (χ1n) is 12.5. The summed E-state index contributed by atoms with van der Waals surface area (Å²) in [5.41, 5.74) is 7.99. The van der Waals surface area contributed by atoms with Gasteiger partial charge in [-0.15, -0.1) is 0 Å². The molecule has 1 saturated heterocycles. The first-order chi connectivity index (χ1) is 16.5. The van der Waals surface area contributed by atoms with E-state index in [0.29, 0.717) is 0 Å². The van der Waals surface area contributed by atoms with Crippen LogP contribution in [0.2, 0.25) is 0 Å². The Morgan fingerprint density at radius 2 is 1.49 bits per heavy atom. The summed E-state index contributed by atoms with van der Waals surface area (Å²) < 4.78 is 10.2. The Labute approximate surface area is 219 Å². The Bertz CT molecular complexity index is 1260. The molecular formula is C32H39NORu. The van der Waals surface area contributed by atoms with Gasteiger partial charge in [0.15, 0.2) is 0 Å². The van der Waals surface area contributed by atoms with Crippen LogP contribution in [0.3, 0.4) is 0 Å². The third-order valence-electron chi connectivity index (χ3n) is 6.83. The van der Waals surface area contributed by atoms with Crippen LogP contribution in [0.1, 0.15) is 68.9 Å². The fraction of sp³-hybridized carbons (Fsp3) is 0.375. The van der Waals surface area contributed by atoms with Gasteiger partial charge in [-0.05, 0) is 0 Å². The molecule has 0 amide bonds. The Balaban J connectivity index is 1.99. The summed E-state index contributed by atoms with van der Waals surface area (Å²) in [5.74, 6) is 0.977. The molecule has 1 aliphatic rings. The van der Waals surface area contributed by atoms with Crippen molar-refractivity contribution in [1.29, 1.82) is 0 Å². The van der Waals surface area contributed by atoms with Crippen LogP contribution in [0.4, 0.5) is 5.69 Å². The number of rotatable bonds is 5. The third-order valence-corrected chi connectivity index (χ3v) is 9.45. The second-order valence-corrected chi connectivity index (χ2v) is 12.8. The molecule has 4 rings (SSSR count). The predicted molar refractivity (Wildman–Crippen MR) is 148 cm³/mol. The minimum atomic E-state index is -0.201. The van der Waals surface area contributed by atoms with Crippen molar-refractivity contribution in [3.63, 3.8) is 0 Å². The van der Waals surface area contributed by atoms with Crippen molar-refractivity contribution >= 4 is 14.5 Å². The second kappa shape index (κ2) is 9.94. The Kier molecular flexibility index (Phi) is 7.30. The molecule has 3 heteroatoms. The molecule has 1 atom stereocenters. The average Bonchev–Trinajstić information content (AvgIpc) is 2.98. The molecule has 0 N–H and O–H groups in total. The Morgan fingerprint density at radius 3 is 2.11 bits per heavy atom. The van der Waals surface area contributed by atoms with Crippen LogP contribution in [0, 0.1) is 20.8 Å². The first kappa shape index (κ1) is 25.7. The molecule has 1 fully saturated rings. The van der Waals surface area contributed by atoms with Crippen LogP contribution < -0.4 is 9.64 Å². The van der Waals surface area contributed by atoms with Gasteiger partial charge < -0.3 is 0 Å². The second-order valence-electron chi connectivity index (χ2n) is 11.0. The molecular weight excluding hydrogens is 515 g/mol. The van der Waals surface area contributed by atoms with Gasteiger partial charge in [-0.2, -0.15) is 0 Å². The molecule has 186 valence electrons. The van der Waals surface area contributed by atoms with Crippen LogP contribution in [-0.4, -0.2) is 20.5 Å².